The first-order valence-electron chi connectivity index (χ1n) is 4.53. The molecule has 90 valence electrons. The summed E-state index contributed by atoms with van der Waals surface area (Å²) in [5.74, 6) is -0.327. The van der Waals surface area contributed by atoms with Gasteiger partial charge in [-0.1, -0.05) is 29.3 Å². The fourth-order valence-electron chi connectivity index (χ4n) is 1.38. The highest BCUT2D eigenvalue weighted by Gasteiger charge is 2.18. The molecule has 0 N–H and O–H groups in total. The maximum absolute atomic E-state index is 13.1. The Morgan fingerprint density at radius 3 is 2.47 bits per heavy atom. The summed E-state index contributed by atoms with van der Waals surface area (Å²) in [6, 6.07) is 6.34. The molecule has 0 saturated carbocycles. The number of rotatable bonds is 2. The van der Waals surface area contributed by atoms with E-state index in [1.54, 1.807) is 18.2 Å². The number of benzene rings is 1. The van der Waals surface area contributed by atoms with Crippen LogP contribution in [-0.4, -0.2) is 0 Å². The number of alkyl halides is 1. The summed E-state index contributed by atoms with van der Waals surface area (Å²) in [6.07, 6.45) is 0. The Morgan fingerprint density at radius 2 is 1.94 bits per heavy atom. The molecule has 1 aromatic carbocycles. The number of hydrogen-bond acceptors (Lipinski definition) is 1. The summed E-state index contributed by atoms with van der Waals surface area (Å²) in [5.41, 5.74) is 1.50. The average Bonchev–Trinajstić information content (AvgIpc) is 2.61. The predicted molar refractivity (Wildman–Crippen MR) is 76.1 cm³/mol. The standard InChI is InChI=1S/C11H5BrCl3FS/c12-7-3-5(1-2-8(7)16)10(14)6-4-9(13)17-11(6)15/h1-4,10H. The second kappa shape index (κ2) is 5.45. The van der Waals surface area contributed by atoms with Crippen molar-refractivity contribution in [1.29, 1.82) is 0 Å². The Labute approximate surface area is 125 Å². The molecule has 1 heterocycles. The van der Waals surface area contributed by atoms with Gasteiger partial charge in [-0.15, -0.1) is 22.9 Å². The minimum atomic E-state index is -0.442. The number of thiophene rings is 1. The van der Waals surface area contributed by atoms with Crippen LogP contribution in [0.25, 0.3) is 0 Å². The lowest BCUT2D eigenvalue weighted by Crippen LogP contribution is -1.93. The molecule has 0 amide bonds. The smallest absolute Gasteiger partial charge is 0.137 e. The van der Waals surface area contributed by atoms with Crippen LogP contribution in [0.5, 0.6) is 0 Å². The van der Waals surface area contributed by atoms with E-state index >= 15 is 0 Å². The van der Waals surface area contributed by atoms with Gasteiger partial charge in [-0.25, -0.2) is 4.39 Å². The molecule has 2 aromatic rings. The van der Waals surface area contributed by atoms with Gasteiger partial charge in [-0.3, -0.25) is 0 Å². The zero-order valence-corrected chi connectivity index (χ0v) is 12.9. The largest absolute Gasteiger partial charge is 0.206 e. The van der Waals surface area contributed by atoms with Crippen molar-refractivity contribution in [3.8, 4) is 0 Å². The van der Waals surface area contributed by atoms with Crippen molar-refractivity contribution in [3.63, 3.8) is 0 Å². The summed E-state index contributed by atoms with van der Waals surface area (Å²) in [6.45, 7) is 0. The zero-order valence-electron chi connectivity index (χ0n) is 8.18. The molecule has 1 unspecified atom stereocenters. The minimum Gasteiger partial charge on any atom is -0.206 e. The molecule has 17 heavy (non-hydrogen) atoms. The molecule has 0 bridgehead atoms. The number of hydrogen-bond donors (Lipinski definition) is 0. The summed E-state index contributed by atoms with van der Waals surface area (Å²) in [5, 5.41) is -0.442. The first kappa shape index (κ1) is 13.6. The summed E-state index contributed by atoms with van der Waals surface area (Å²) >= 11 is 22.6. The summed E-state index contributed by atoms with van der Waals surface area (Å²) in [7, 11) is 0. The second-order valence-electron chi connectivity index (χ2n) is 3.32. The van der Waals surface area contributed by atoms with Gasteiger partial charge in [-0.05, 0) is 39.7 Å². The lowest BCUT2D eigenvalue weighted by Gasteiger charge is -2.09. The van der Waals surface area contributed by atoms with Gasteiger partial charge in [-0.2, -0.15) is 0 Å². The highest BCUT2D eigenvalue weighted by atomic mass is 79.9. The van der Waals surface area contributed by atoms with E-state index < -0.39 is 5.38 Å². The van der Waals surface area contributed by atoms with Crippen molar-refractivity contribution >= 4 is 62.1 Å². The van der Waals surface area contributed by atoms with Gasteiger partial charge >= 0.3 is 0 Å². The van der Waals surface area contributed by atoms with E-state index in [-0.39, 0.29) is 5.82 Å². The van der Waals surface area contributed by atoms with Crippen molar-refractivity contribution in [2.24, 2.45) is 0 Å². The molecule has 0 saturated heterocycles. The highest BCUT2D eigenvalue weighted by molar-refractivity contribution is 9.10. The minimum absolute atomic E-state index is 0.327. The molecule has 0 aliphatic carbocycles. The van der Waals surface area contributed by atoms with Gasteiger partial charge in [0.1, 0.15) is 5.82 Å². The molecular formula is C11H5BrCl3FS. The fourth-order valence-corrected chi connectivity index (χ4v) is 3.73. The van der Waals surface area contributed by atoms with Crippen molar-refractivity contribution < 1.29 is 4.39 Å². The van der Waals surface area contributed by atoms with E-state index in [4.69, 9.17) is 34.8 Å². The Bertz CT molecular complexity index is 556. The van der Waals surface area contributed by atoms with Gasteiger partial charge in [0.2, 0.25) is 0 Å². The van der Waals surface area contributed by atoms with Gasteiger partial charge in [0, 0.05) is 5.56 Å². The fraction of sp³-hybridized carbons (Fsp3) is 0.0909. The first-order chi connectivity index (χ1) is 7.99. The van der Waals surface area contributed by atoms with Crippen LogP contribution in [0.3, 0.4) is 0 Å². The zero-order chi connectivity index (χ0) is 12.6. The Kier molecular flexibility index (Phi) is 4.37. The molecule has 0 aliphatic rings. The molecule has 1 atom stereocenters. The molecule has 0 nitrogen and oxygen atoms in total. The number of halogens is 5. The summed E-state index contributed by atoms with van der Waals surface area (Å²) < 4.78 is 14.6. The van der Waals surface area contributed by atoms with Crippen LogP contribution in [-0.2, 0) is 0 Å². The van der Waals surface area contributed by atoms with Gasteiger partial charge in [0.25, 0.3) is 0 Å². The van der Waals surface area contributed by atoms with E-state index in [2.05, 4.69) is 15.9 Å². The van der Waals surface area contributed by atoms with Crippen molar-refractivity contribution in [3.05, 3.63) is 54.4 Å². The Morgan fingerprint density at radius 1 is 1.24 bits per heavy atom. The SMILES string of the molecule is Fc1ccc(C(Cl)c2cc(Cl)sc2Cl)cc1Br. The highest BCUT2D eigenvalue weighted by Crippen LogP contribution is 2.41. The molecule has 0 radical (unpaired) electrons. The van der Waals surface area contributed by atoms with E-state index in [9.17, 15) is 4.39 Å². The topological polar surface area (TPSA) is 0 Å². The van der Waals surface area contributed by atoms with E-state index in [0.29, 0.717) is 13.1 Å². The maximum Gasteiger partial charge on any atom is 0.137 e. The van der Waals surface area contributed by atoms with E-state index in [1.165, 1.54) is 17.4 Å². The third-order valence-corrected chi connectivity index (χ3v) is 4.81. The van der Waals surface area contributed by atoms with Crippen LogP contribution in [0.4, 0.5) is 4.39 Å². The second-order valence-corrected chi connectivity index (χ2v) is 6.89. The van der Waals surface area contributed by atoms with Crippen LogP contribution < -0.4 is 0 Å². The van der Waals surface area contributed by atoms with E-state index in [0.717, 1.165) is 11.1 Å². The van der Waals surface area contributed by atoms with Crippen molar-refractivity contribution in [2.75, 3.05) is 0 Å². The van der Waals surface area contributed by atoms with Crippen LogP contribution in [0.2, 0.25) is 8.67 Å². The Balaban J connectivity index is 2.40. The summed E-state index contributed by atoms with van der Waals surface area (Å²) in [4.78, 5) is 0. The van der Waals surface area contributed by atoms with Crippen molar-refractivity contribution in [2.45, 2.75) is 5.38 Å². The van der Waals surface area contributed by atoms with Crippen LogP contribution in [0.1, 0.15) is 16.5 Å². The molecule has 0 fully saturated rings. The third kappa shape index (κ3) is 2.96. The van der Waals surface area contributed by atoms with Gasteiger partial charge in [0.15, 0.2) is 0 Å². The van der Waals surface area contributed by atoms with Crippen LogP contribution in [0.15, 0.2) is 28.7 Å². The normalized spacial score (nSPS) is 12.8. The Hall–Kier alpha value is 0.200. The van der Waals surface area contributed by atoms with Gasteiger partial charge < -0.3 is 0 Å². The molecule has 1 aromatic heterocycles. The molecule has 2 rings (SSSR count). The molecule has 0 aliphatic heterocycles. The molecule has 0 spiro atoms. The average molecular weight is 374 g/mol. The predicted octanol–water partition coefficient (Wildman–Crippen LogP) is 6.28. The van der Waals surface area contributed by atoms with Crippen LogP contribution >= 0.6 is 62.1 Å². The third-order valence-electron chi connectivity index (χ3n) is 2.19. The monoisotopic (exact) mass is 372 g/mol. The quantitative estimate of drug-likeness (QED) is 0.542. The van der Waals surface area contributed by atoms with Gasteiger partial charge in [0.05, 0.1) is 18.5 Å². The maximum atomic E-state index is 13.1. The molecular weight excluding hydrogens is 369 g/mol. The lowest BCUT2D eigenvalue weighted by atomic mass is 10.1. The van der Waals surface area contributed by atoms with Crippen LogP contribution in [0, 0.1) is 5.82 Å². The van der Waals surface area contributed by atoms with E-state index in [1.807, 2.05) is 0 Å². The van der Waals surface area contributed by atoms with Crippen molar-refractivity contribution in [1.82, 2.24) is 0 Å². The first-order valence-corrected chi connectivity index (χ1v) is 7.33. The lowest BCUT2D eigenvalue weighted by molar-refractivity contribution is 0.620. The molecule has 6 heteroatoms.